The summed E-state index contributed by atoms with van der Waals surface area (Å²) in [5, 5.41) is 8.97. The first-order chi connectivity index (χ1) is 7.34. The molecule has 0 amide bonds. The Morgan fingerprint density at radius 2 is 2.38 bits per heavy atom. The van der Waals surface area contributed by atoms with Crippen LogP contribution in [0.25, 0.3) is 0 Å². The molecule has 1 saturated heterocycles. The van der Waals surface area contributed by atoms with E-state index in [0.717, 1.165) is 19.6 Å². The summed E-state index contributed by atoms with van der Waals surface area (Å²) in [4.78, 5) is 13.1. The highest BCUT2D eigenvalue weighted by molar-refractivity contribution is 5.77. The Bertz CT molecular complexity index is 250. The van der Waals surface area contributed by atoms with Crippen molar-refractivity contribution >= 4 is 5.97 Å². The fraction of sp³-hybridized carbons (Fsp3) is 0.909. The lowest BCUT2D eigenvalue weighted by atomic mass is 9.94. The maximum atomic E-state index is 10.9. The van der Waals surface area contributed by atoms with Gasteiger partial charge in [0.15, 0.2) is 0 Å². The molecule has 1 rings (SSSR count). The molecule has 5 nitrogen and oxygen atoms in total. The molecule has 3 atom stereocenters. The second-order valence-corrected chi connectivity index (χ2v) is 4.96. The van der Waals surface area contributed by atoms with Crippen LogP contribution in [0.4, 0.5) is 0 Å². The molecule has 0 aromatic heterocycles. The average molecular weight is 230 g/mol. The van der Waals surface area contributed by atoms with E-state index in [1.165, 1.54) is 0 Å². The highest BCUT2D eigenvalue weighted by Crippen LogP contribution is 2.19. The minimum atomic E-state index is -1.16. The van der Waals surface area contributed by atoms with E-state index < -0.39 is 11.5 Å². The summed E-state index contributed by atoms with van der Waals surface area (Å²) in [6, 6.07) is 0.525. The predicted molar refractivity (Wildman–Crippen MR) is 61.3 cm³/mol. The predicted octanol–water partition coefficient (Wildman–Crippen LogP) is 0.288. The van der Waals surface area contributed by atoms with Gasteiger partial charge in [-0.15, -0.1) is 0 Å². The van der Waals surface area contributed by atoms with E-state index >= 15 is 0 Å². The standard InChI is InChI=1S/C11H22N2O3/c1-8(6-11(2,12)10(14)15)13(3)9-4-5-16-7-9/h8-9H,4-7,12H2,1-3H3,(H,14,15). The molecule has 3 N–H and O–H groups in total. The summed E-state index contributed by atoms with van der Waals surface area (Å²) in [5.74, 6) is -0.949. The normalized spacial score (nSPS) is 26.7. The molecule has 0 radical (unpaired) electrons. The summed E-state index contributed by atoms with van der Waals surface area (Å²) in [6.45, 7) is 5.09. The van der Waals surface area contributed by atoms with Crippen LogP contribution in [0, 0.1) is 0 Å². The molecule has 0 bridgehead atoms. The Morgan fingerprint density at radius 3 is 2.81 bits per heavy atom. The second-order valence-electron chi connectivity index (χ2n) is 4.96. The third-order valence-corrected chi connectivity index (χ3v) is 3.38. The molecule has 1 fully saturated rings. The first-order valence-electron chi connectivity index (χ1n) is 5.66. The van der Waals surface area contributed by atoms with Crippen LogP contribution in [0.5, 0.6) is 0 Å². The fourth-order valence-electron chi connectivity index (χ4n) is 2.05. The second kappa shape index (κ2) is 5.12. The van der Waals surface area contributed by atoms with Crippen molar-refractivity contribution < 1.29 is 14.6 Å². The first-order valence-corrected chi connectivity index (χ1v) is 5.66. The molecular weight excluding hydrogens is 208 g/mol. The number of hydrogen-bond donors (Lipinski definition) is 2. The quantitative estimate of drug-likeness (QED) is 0.710. The fourth-order valence-corrected chi connectivity index (χ4v) is 2.05. The van der Waals surface area contributed by atoms with Gasteiger partial charge < -0.3 is 15.6 Å². The van der Waals surface area contributed by atoms with Crippen LogP contribution in [0.3, 0.4) is 0 Å². The zero-order valence-corrected chi connectivity index (χ0v) is 10.3. The van der Waals surface area contributed by atoms with Gasteiger partial charge in [0.25, 0.3) is 0 Å². The van der Waals surface area contributed by atoms with Crippen molar-refractivity contribution in [1.29, 1.82) is 0 Å². The lowest BCUT2D eigenvalue weighted by Crippen LogP contribution is -2.51. The minimum absolute atomic E-state index is 0.137. The Hall–Kier alpha value is -0.650. The van der Waals surface area contributed by atoms with Gasteiger partial charge in [-0.25, -0.2) is 0 Å². The molecule has 1 aliphatic heterocycles. The van der Waals surface area contributed by atoms with Gasteiger partial charge in [0.05, 0.1) is 6.61 Å². The number of carboxylic acid groups (broad SMARTS) is 1. The Balaban J connectivity index is 2.50. The number of nitrogens with two attached hydrogens (primary N) is 1. The van der Waals surface area contributed by atoms with Gasteiger partial charge in [0.1, 0.15) is 5.54 Å². The number of rotatable bonds is 5. The molecule has 0 aromatic carbocycles. The zero-order valence-electron chi connectivity index (χ0n) is 10.3. The van der Waals surface area contributed by atoms with Crippen molar-refractivity contribution in [3.05, 3.63) is 0 Å². The summed E-state index contributed by atoms with van der Waals surface area (Å²) < 4.78 is 5.32. The SMILES string of the molecule is CC(CC(C)(N)C(=O)O)N(C)C1CCOC1. The molecule has 0 aliphatic carbocycles. The molecule has 1 aliphatic rings. The molecular formula is C11H22N2O3. The highest BCUT2D eigenvalue weighted by Gasteiger charge is 2.33. The van der Waals surface area contributed by atoms with Gasteiger partial charge in [-0.3, -0.25) is 9.69 Å². The van der Waals surface area contributed by atoms with Crippen molar-refractivity contribution in [2.75, 3.05) is 20.3 Å². The lowest BCUT2D eigenvalue weighted by molar-refractivity contribution is -0.143. The number of carbonyl (C=O) groups is 1. The summed E-state index contributed by atoms with van der Waals surface area (Å²) in [7, 11) is 2.00. The van der Waals surface area contributed by atoms with Gasteiger partial charge in [-0.2, -0.15) is 0 Å². The van der Waals surface area contributed by atoms with Crippen molar-refractivity contribution in [2.45, 2.75) is 44.3 Å². The van der Waals surface area contributed by atoms with E-state index in [1.807, 2.05) is 14.0 Å². The largest absolute Gasteiger partial charge is 0.480 e. The molecule has 5 heteroatoms. The summed E-state index contributed by atoms with van der Waals surface area (Å²) >= 11 is 0. The van der Waals surface area contributed by atoms with Crippen LogP contribution in [0.2, 0.25) is 0 Å². The van der Waals surface area contributed by atoms with Crippen LogP contribution in [-0.4, -0.2) is 53.9 Å². The molecule has 0 aromatic rings. The van der Waals surface area contributed by atoms with Gasteiger partial charge >= 0.3 is 5.97 Å². The summed E-state index contributed by atoms with van der Waals surface area (Å²) in [6.07, 6.45) is 1.45. The van der Waals surface area contributed by atoms with Crippen LogP contribution in [0.1, 0.15) is 26.7 Å². The van der Waals surface area contributed by atoms with Gasteiger partial charge in [-0.1, -0.05) is 0 Å². The van der Waals surface area contributed by atoms with E-state index in [2.05, 4.69) is 4.90 Å². The van der Waals surface area contributed by atoms with E-state index in [-0.39, 0.29) is 6.04 Å². The van der Waals surface area contributed by atoms with Crippen molar-refractivity contribution in [3.63, 3.8) is 0 Å². The van der Waals surface area contributed by atoms with E-state index in [9.17, 15) is 4.79 Å². The number of ether oxygens (including phenoxy) is 1. The van der Waals surface area contributed by atoms with Crippen LogP contribution >= 0.6 is 0 Å². The monoisotopic (exact) mass is 230 g/mol. The highest BCUT2D eigenvalue weighted by atomic mass is 16.5. The number of nitrogens with zero attached hydrogens (tertiary/aromatic N) is 1. The van der Waals surface area contributed by atoms with Crippen LogP contribution < -0.4 is 5.73 Å². The minimum Gasteiger partial charge on any atom is -0.480 e. The Labute approximate surface area is 96.6 Å². The van der Waals surface area contributed by atoms with E-state index in [0.29, 0.717) is 12.5 Å². The topological polar surface area (TPSA) is 75.8 Å². The van der Waals surface area contributed by atoms with Crippen LogP contribution in [0.15, 0.2) is 0 Å². The van der Waals surface area contributed by atoms with Gasteiger partial charge in [-0.05, 0) is 33.7 Å². The molecule has 1 heterocycles. The molecule has 0 saturated carbocycles. The van der Waals surface area contributed by atoms with Crippen LogP contribution in [-0.2, 0) is 9.53 Å². The maximum Gasteiger partial charge on any atom is 0.323 e. The third kappa shape index (κ3) is 3.17. The zero-order chi connectivity index (χ0) is 12.3. The maximum absolute atomic E-state index is 10.9. The molecule has 16 heavy (non-hydrogen) atoms. The number of carboxylic acids is 1. The van der Waals surface area contributed by atoms with E-state index in [1.54, 1.807) is 6.92 Å². The van der Waals surface area contributed by atoms with Crippen molar-refractivity contribution in [1.82, 2.24) is 4.90 Å². The Morgan fingerprint density at radius 1 is 1.75 bits per heavy atom. The Kier molecular flexibility index (Phi) is 4.29. The lowest BCUT2D eigenvalue weighted by Gasteiger charge is -2.33. The number of hydrogen-bond acceptors (Lipinski definition) is 4. The van der Waals surface area contributed by atoms with E-state index in [4.69, 9.17) is 15.6 Å². The molecule has 3 unspecified atom stereocenters. The van der Waals surface area contributed by atoms with Gasteiger partial charge in [0, 0.05) is 18.7 Å². The molecule has 0 spiro atoms. The summed E-state index contributed by atoms with van der Waals surface area (Å²) in [5.41, 5.74) is 4.58. The van der Waals surface area contributed by atoms with Crippen molar-refractivity contribution in [3.8, 4) is 0 Å². The third-order valence-electron chi connectivity index (χ3n) is 3.38. The van der Waals surface area contributed by atoms with Crippen molar-refractivity contribution in [2.24, 2.45) is 5.73 Å². The van der Waals surface area contributed by atoms with Gasteiger partial charge in [0.2, 0.25) is 0 Å². The first kappa shape index (κ1) is 13.4. The smallest absolute Gasteiger partial charge is 0.323 e. The number of likely N-dealkylation sites (N-methyl/N-ethyl adjacent to an activating group) is 1. The molecule has 94 valence electrons. The average Bonchev–Trinajstić information content (AvgIpc) is 2.68. The number of aliphatic carboxylic acids is 1.